The molecule has 0 spiro atoms. The number of fused-ring (bicyclic) bond motifs is 1. The predicted molar refractivity (Wildman–Crippen MR) is 58.9 cm³/mol. The Morgan fingerprint density at radius 2 is 2.08 bits per heavy atom. The first-order chi connectivity index (χ1) is 6.16. The summed E-state index contributed by atoms with van der Waals surface area (Å²) in [4.78, 5) is 3.97. The molecule has 2 rings (SSSR count). The van der Waals surface area contributed by atoms with Crippen molar-refractivity contribution < 1.29 is 0 Å². The van der Waals surface area contributed by atoms with Crippen LogP contribution in [0, 0.1) is 0 Å². The van der Waals surface area contributed by atoms with Crippen molar-refractivity contribution in [3.8, 4) is 0 Å². The number of nitrogen functional groups attached to an aromatic ring is 1. The molecule has 13 heavy (non-hydrogen) atoms. The maximum absolute atomic E-state index is 5.76. The summed E-state index contributed by atoms with van der Waals surface area (Å²) in [5.41, 5.74) is 5.71. The van der Waals surface area contributed by atoms with Crippen LogP contribution in [-0.2, 0) is 0 Å². The van der Waals surface area contributed by atoms with E-state index in [2.05, 4.69) is 20.9 Å². The fourth-order valence-corrected chi connectivity index (χ4v) is 1.78. The molecule has 0 saturated carbocycles. The van der Waals surface area contributed by atoms with E-state index in [4.69, 9.17) is 17.3 Å². The zero-order chi connectivity index (χ0) is 9.42. The molecular formula is C9H6BrClN2. The Kier molecular flexibility index (Phi) is 2.14. The zero-order valence-electron chi connectivity index (χ0n) is 6.59. The first-order valence-electron chi connectivity index (χ1n) is 3.68. The van der Waals surface area contributed by atoms with E-state index in [-0.39, 0.29) is 0 Å². The summed E-state index contributed by atoms with van der Waals surface area (Å²) < 4.78 is 0.982. The molecule has 4 heteroatoms. The minimum Gasteiger partial charge on any atom is -0.383 e. The van der Waals surface area contributed by atoms with E-state index in [1.54, 1.807) is 6.07 Å². The fraction of sp³-hybridized carbons (Fsp3) is 0. The maximum atomic E-state index is 5.76. The van der Waals surface area contributed by atoms with Crippen molar-refractivity contribution in [2.24, 2.45) is 0 Å². The summed E-state index contributed by atoms with van der Waals surface area (Å²) in [6.07, 6.45) is 0. The van der Waals surface area contributed by atoms with Crippen LogP contribution in [0.3, 0.4) is 0 Å². The topological polar surface area (TPSA) is 38.9 Å². The average Bonchev–Trinajstić information content (AvgIpc) is 2.06. The van der Waals surface area contributed by atoms with Crippen LogP contribution in [0.25, 0.3) is 10.8 Å². The van der Waals surface area contributed by atoms with Gasteiger partial charge in [0, 0.05) is 9.86 Å². The molecular weight excluding hydrogens is 251 g/mol. The van der Waals surface area contributed by atoms with Crippen LogP contribution >= 0.6 is 27.5 Å². The highest BCUT2D eigenvalue weighted by molar-refractivity contribution is 9.10. The molecule has 0 aliphatic carbocycles. The van der Waals surface area contributed by atoms with Gasteiger partial charge in [0.25, 0.3) is 0 Å². The molecule has 2 nitrogen and oxygen atoms in total. The van der Waals surface area contributed by atoms with Crippen LogP contribution in [0.2, 0.25) is 5.15 Å². The van der Waals surface area contributed by atoms with E-state index in [1.807, 2.05) is 18.2 Å². The quantitative estimate of drug-likeness (QED) is 0.736. The molecule has 0 radical (unpaired) electrons. The second kappa shape index (κ2) is 3.16. The third-order valence-corrected chi connectivity index (χ3v) is 2.48. The number of pyridine rings is 1. The Morgan fingerprint density at radius 3 is 2.85 bits per heavy atom. The van der Waals surface area contributed by atoms with E-state index in [0.717, 1.165) is 15.2 Å². The summed E-state index contributed by atoms with van der Waals surface area (Å²) in [7, 11) is 0. The lowest BCUT2D eigenvalue weighted by Crippen LogP contribution is -1.91. The predicted octanol–water partition coefficient (Wildman–Crippen LogP) is 3.23. The Labute approximate surface area is 88.8 Å². The highest BCUT2D eigenvalue weighted by Gasteiger charge is 2.01. The third kappa shape index (κ3) is 1.62. The van der Waals surface area contributed by atoms with Gasteiger partial charge in [-0.2, -0.15) is 0 Å². The third-order valence-electron chi connectivity index (χ3n) is 1.79. The number of halogens is 2. The van der Waals surface area contributed by atoms with Crippen LogP contribution < -0.4 is 5.73 Å². The lowest BCUT2D eigenvalue weighted by molar-refractivity contribution is 1.37. The SMILES string of the molecule is Nc1nc(Cl)cc2ccc(Br)cc12. The monoisotopic (exact) mass is 256 g/mol. The molecule has 0 aliphatic heterocycles. The van der Waals surface area contributed by atoms with Gasteiger partial charge >= 0.3 is 0 Å². The number of nitrogens with zero attached hydrogens (tertiary/aromatic N) is 1. The average molecular weight is 258 g/mol. The Bertz CT molecular complexity index is 470. The number of benzene rings is 1. The van der Waals surface area contributed by atoms with Crippen molar-refractivity contribution in [3.63, 3.8) is 0 Å². The van der Waals surface area contributed by atoms with Gasteiger partial charge in [-0.15, -0.1) is 0 Å². The Morgan fingerprint density at radius 1 is 1.31 bits per heavy atom. The standard InChI is InChI=1S/C9H6BrClN2/c10-6-2-1-5-3-8(11)13-9(12)7(5)4-6/h1-4H,(H2,12,13). The van der Waals surface area contributed by atoms with Gasteiger partial charge in [-0.05, 0) is 23.6 Å². The van der Waals surface area contributed by atoms with Crippen molar-refractivity contribution in [2.45, 2.75) is 0 Å². The normalized spacial score (nSPS) is 10.6. The molecule has 0 fully saturated rings. The van der Waals surface area contributed by atoms with Crippen LogP contribution in [-0.4, -0.2) is 4.98 Å². The molecule has 66 valence electrons. The van der Waals surface area contributed by atoms with Gasteiger partial charge in [-0.25, -0.2) is 4.98 Å². The molecule has 0 atom stereocenters. The summed E-state index contributed by atoms with van der Waals surface area (Å²) >= 11 is 9.13. The summed E-state index contributed by atoms with van der Waals surface area (Å²) in [6.45, 7) is 0. The van der Waals surface area contributed by atoms with Crippen LogP contribution in [0.4, 0.5) is 5.82 Å². The van der Waals surface area contributed by atoms with Crippen molar-refractivity contribution >= 4 is 44.1 Å². The highest BCUT2D eigenvalue weighted by atomic mass is 79.9. The fourth-order valence-electron chi connectivity index (χ4n) is 1.21. The largest absolute Gasteiger partial charge is 0.383 e. The molecule has 2 N–H and O–H groups in total. The Hall–Kier alpha value is -0.800. The van der Waals surface area contributed by atoms with E-state index >= 15 is 0 Å². The maximum Gasteiger partial charge on any atom is 0.133 e. The van der Waals surface area contributed by atoms with Gasteiger partial charge in [0.1, 0.15) is 11.0 Å². The number of hydrogen-bond donors (Lipinski definition) is 1. The molecule has 2 aromatic rings. The summed E-state index contributed by atoms with van der Waals surface area (Å²) in [6, 6.07) is 7.61. The van der Waals surface area contributed by atoms with Gasteiger partial charge in [0.2, 0.25) is 0 Å². The number of hydrogen-bond acceptors (Lipinski definition) is 2. The summed E-state index contributed by atoms with van der Waals surface area (Å²) in [5.74, 6) is 0.462. The van der Waals surface area contributed by atoms with Gasteiger partial charge < -0.3 is 5.73 Å². The molecule has 1 aromatic carbocycles. The van der Waals surface area contributed by atoms with Crippen molar-refractivity contribution in [1.82, 2.24) is 4.98 Å². The zero-order valence-corrected chi connectivity index (χ0v) is 8.93. The lowest BCUT2D eigenvalue weighted by Gasteiger charge is -2.02. The molecule has 1 heterocycles. The minimum atomic E-state index is 0.423. The Balaban J connectivity index is 2.87. The highest BCUT2D eigenvalue weighted by Crippen LogP contribution is 2.25. The van der Waals surface area contributed by atoms with Crippen molar-refractivity contribution in [3.05, 3.63) is 33.9 Å². The van der Waals surface area contributed by atoms with Crippen LogP contribution in [0.15, 0.2) is 28.7 Å². The first kappa shape index (κ1) is 8.78. The smallest absolute Gasteiger partial charge is 0.133 e. The molecule has 0 unspecified atom stereocenters. The van der Waals surface area contributed by atoms with Crippen LogP contribution in [0.1, 0.15) is 0 Å². The van der Waals surface area contributed by atoms with Crippen LogP contribution in [0.5, 0.6) is 0 Å². The van der Waals surface area contributed by atoms with Gasteiger partial charge in [-0.1, -0.05) is 33.6 Å². The molecule has 0 bridgehead atoms. The van der Waals surface area contributed by atoms with Gasteiger partial charge in [-0.3, -0.25) is 0 Å². The second-order valence-corrected chi connectivity index (χ2v) is 4.00. The van der Waals surface area contributed by atoms with E-state index in [0.29, 0.717) is 11.0 Å². The van der Waals surface area contributed by atoms with Crippen molar-refractivity contribution in [1.29, 1.82) is 0 Å². The van der Waals surface area contributed by atoms with Gasteiger partial charge in [0.05, 0.1) is 0 Å². The molecule has 0 saturated heterocycles. The van der Waals surface area contributed by atoms with E-state index in [1.165, 1.54) is 0 Å². The first-order valence-corrected chi connectivity index (χ1v) is 4.85. The molecule has 0 aliphatic rings. The molecule has 1 aromatic heterocycles. The number of aromatic nitrogens is 1. The summed E-state index contributed by atoms with van der Waals surface area (Å²) in [5, 5.41) is 2.34. The van der Waals surface area contributed by atoms with Crippen molar-refractivity contribution in [2.75, 3.05) is 5.73 Å². The lowest BCUT2D eigenvalue weighted by atomic mass is 10.2. The minimum absolute atomic E-state index is 0.423. The second-order valence-electron chi connectivity index (χ2n) is 2.70. The van der Waals surface area contributed by atoms with Gasteiger partial charge in [0.15, 0.2) is 0 Å². The number of rotatable bonds is 0. The number of anilines is 1. The van der Waals surface area contributed by atoms with E-state index < -0.39 is 0 Å². The van der Waals surface area contributed by atoms with E-state index in [9.17, 15) is 0 Å². The number of nitrogens with two attached hydrogens (primary N) is 1. The molecule has 0 amide bonds.